The maximum atomic E-state index is 11.8. The first kappa shape index (κ1) is 23.0. The van der Waals surface area contributed by atoms with Gasteiger partial charge in [-0.2, -0.15) is 8.42 Å². The van der Waals surface area contributed by atoms with Crippen LogP contribution in [0, 0.1) is 0 Å². The Morgan fingerprint density at radius 3 is 1.85 bits per heavy atom. The predicted molar refractivity (Wildman–Crippen MR) is 101 cm³/mol. The lowest BCUT2D eigenvalue weighted by Crippen LogP contribution is -2.14. The summed E-state index contributed by atoms with van der Waals surface area (Å²) >= 11 is 0. The maximum Gasteiger partial charge on any atom is 0.297 e. The van der Waals surface area contributed by atoms with Gasteiger partial charge in [0.15, 0.2) is 0 Å². The van der Waals surface area contributed by atoms with Gasteiger partial charge in [-0.1, -0.05) is 50.8 Å². The third kappa shape index (κ3) is 11.6. The smallest absolute Gasteiger partial charge is 0.297 e. The molecule has 0 heterocycles. The van der Waals surface area contributed by atoms with E-state index >= 15 is 0 Å². The van der Waals surface area contributed by atoms with E-state index in [1.807, 2.05) is 0 Å². The molecule has 150 valence electrons. The zero-order chi connectivity index (χ0) is 18.9. The van der Waals surface area contributed by atoms with Crippen molar-refractivity contribution in [3.8, 4) is 0 Å². The Hall–Kier alpha value is -0.990. The number of ether oxygens (including phenoxy) is 3. The minimum absolute atomic E-state index is 0.0155. The molecule has 0 amide bonds. The summed E-state index contributed by atoms with van der Waals surface area (Å²) in [5.74, 6) is 0. The number of unbranched alkanes of at least 4 members (excludes halogenated alkanes) is 4. The molecule has 0 aliphatic rings. The first-order valence-electron chi connectivity index (χ1n) is 9.34. The molecule has 0 saturated heterocycles. The van der Waals surface area contributed by atoms with Gasteiger partial charge in [-0.3, -0.25) is 4.18 Å². The van der Waals surface area contributed by atoms with Gasteiger partial charge in [0.25, 0.3) is 10.1 Å². The van der Waals surface area contributed by atoms with Crippen molar-refractivity contribution in [2.45, 2.75) is 43.9 Å². The Morgan fingerprint density at radius 2 is 1.23 bits per heavy atom. The van der Waals surface area contributed by atoms with Crippen LogP contribution < -0.4 is 0 Å². The van der Waals surface area contributed by atoms with Crippen LogP contribution in [0.5, 0.6) is 0 Å². The van der Waals surface area contributed by atoms with Crippen molar-refractivity contribution >= 4 is 10.1 Å². The van der Waals surface area contributed by atoms with Crippen LogP contribution in [-0.2, 0) is 28.5 Å². The van der Waals surface area contributed by atoms with Gasteiger partial charge >= 0.3 is 0 Å². The Labute approximate surface area is 157 Å². The zero-order valence-electron chi connectivity index (χ0n) is 15.7. The summed E-state index contributed by atoms with van der Waals surface area (Å²) in [7, 11) is -3.71. The standard InChI is InChI=1S/C19H32O6S/c1-2-3-4-5-9-12-22-13-14-23-15-16-24-17-18-25-26(20,21)19-10-7-6-8-11-19/h6-8,10-11H,2-5,9,12-18H2,1H3. The van der Waals surface area contributed by atoms with Crippen LogP contribution >= 0.6 is 0 Å². The number of hydrogen-bond donors (Lipinski definition) is 0. The van der Waals surface area contributed by atoms with E-state index in [1.165, 1.54) is 37.8 Å². The third-order valence-corrected chi connectivity index (χ3v) is 4.96. The van der Waals surface area contributed by atoms with Crippen molar-refractivity contribution in [1.29, 1.82) is 0 Å². The molecule has 1 aromatic carbocycles. The molecule has 0 atom stereocenters. The monoisotopic (exact) mass is 388 g/mol. The van der Waals surface area contributed by atoms with Gasteiger partial charge in [-0.25, -0.2) is 0 Å². The summed E-state index contributed by atoms with van der Waals surface area (Å²) in [5, 5.41) is 0. The molecular formula is C19H32O6S. The molecule has 0 radical (unpaired) electrons. The molecule has 6 nitrogen and oxygen atoms in total. The fraction of sp³-hybridized carbons (Fsp3) is 0.684. The van der Waals surface area contributed by atoms with Crippen LogP contribution in [0.4, 0.5) is 0 Å². The topological polar surface area (TPSA) is 71.1 Å². The zero-order valence-corrected chi connectivity index (χ0v) is 16.5. The van der Waals surface area contributed by atoms with Crippen molar-refractivity contribution in [3.63, 3.8) is 0 Å². The van der Waals surface area contributed by atoms with Crippen molar-refractivity contribution in [2.24, 2.45) is 0 Å². The van der Waals surface area contributed by atoms with Crippen LogP contribution in [0.2, 0.25) is 0 Å². The predicted octanol–water partition coefficient (Wildman–Crippen LogP) is 3.41. The van der Waals surface area contributed by atoms with Gasteiger partial charge in [-0.15, -0.1) is 0 Å². The second-order valence-corrected chi connectivity index (χ2v) is 7.46. The van der Waals surface area contributed by atoms with Crippen LogP contribution in [0.3, 0.4) is 0 Å². The van der Waals surface area contributed by atoms with E-state index in [1.54, 1.807) is 18.2 Å². The van der Waals surface area contributed by atoms with Gasteiger partial charge in [0.1, 0.15) is 0 Å². The van der Waals surface area contributed by atoms with E-state index in [-0.39, 0.29) is 18.1 Å². The fourth-order valence-electron chi connectivity index (χ4n) is 2.21. The van der Waals surface area contributed by atoms with E-state index in [9.17, 15) is 8.42 Å². The highest BCUT2D eigenvalue weighted by Gasteiger charge is 2.13. The summed E-state index contributed by atoms with van der Waals surface area (Å²) in [6.07, 6.45) is 6.17. The average Bonchev–Trinajstić information content (AvgIpc) is 2.65. The first-order valence-corrected chi connectivity index (χ1v) is 10.8. The number of hydrogen-bond acceptors (Lipinski definition) is 6. The quantitative estimate of drug-likeness (QED) is 0.301. The van der Waals surface area contributed by atoms with Gasteiger partial charge in [0.2, 0.25) is 0 Å². The van der Waals surface area contributed by atoms with Crippen molar-refractivity contribution in [1.82, 2.24) is 0 Å². The third-order valence-electron chi connectivity index (χ3n) is 3.63. The summed E-state index contributed by atoms with van der Waals surface area (Å²) in [4.78, 5) is 0.147. The molecule has 0 aliphatic carbocycles. The lowest BCUT2D eigenvalue weighted by molar-refractivity contribution is 0.00912. The van der Waals surface area contributed by atoms with Gasteiger partial charge in [0.05, 0.1) is 44.5 Å². The highest BCUT2D eigenvalue weighted by molar-refractivity contribution is 7.86. The van der Waals surface area contributed by atoms with Crippen molar-refractivity contribution in [3.05, 3.63) is 30.3 Å². The second-order valence-electron chi connectivity index (χ2n) is 5.84. The molecule has 0 spiro atoms. The lowest BCUT2D eigenvalue weighted by Gasteiger charge is -2.08. The molecule has 0 bridgehead atoms. The van der Waals surface area contributed by atoms with E-state index in [4.69, 9.17) is 18.4 Å². The molecule has 1 aromatic rings. The Bertz CT molecular complexity index is 532. The van der Waals surface area contributed by atoms with Crippen LogP contribution in [0.15, 0.2) is 35.2 Å². The molecule has 0 N–H and O–H groups in total. The lowest BCUT2D eigenvalue weighted by atomic mass is 10.2. The first-order chi connectivity index (χ1) is 12.7. The average molecular weight is 389 g/mol. The van der Waals surface area contributed by atoms with Crippen molar-refractivity contribution < 1.29 is 26.8 Å². The van der Waals surface area contributed by atoms with Crippen LogP contribution in [-0.4, -0.2) is 54.7 Å². The Kier molecular flexibility index (Phi) is 13.4. The maximum absolute atomic E-state index is 11.8. The Balaban J connectivity index is 1.87. The minimum atomic E-state index is -3.71. The summed E-state index contributed by atoms with van der Waals surface area (Å²) in [5.41, 5.74) is 0. The van der Waals surface area contributed by atoms with Crippen molar-refractivity contribution in [2.75, 3.05) is 46.2 Å². The van der Waals surface area contributed by atoms with Gasteiger partial charge in [-0.05, 0) is 18.6 Å². The van der Waals surface area contributed by atoms with Gasteiger partial charge < -0.3 is 14.2 Å². The molecule has 7 heteroatoms. The molecular weight excluding hydrogens is 356 g/mol. The molecule has 26 heavy (non-hydrogen) atoms. The summed E-state index contributed by atoms with van der Waals surface area (Å²) in [6, 6.07) is 8.05. The highest BCUT2D eigenvalue weighted by Crippen LogP contribution is 2.10. The van der Waals surface area contributed by atoms with E-state index in [0.29, 0.717) is 26.4 Å². The van der Waals surface area contributed by atoms with Gasteiger partial charge in [0, 0.05) is 6.61 Å². The summed E-state index contributed by atoms with van der Waals surface area (Å²) < 4.78 is 44.8. The molecule has 0 fully saturated rings. The number of rotatable bonds is 17. The fourth-order valence-corrected chi connectivity index (χ4v) is 3.12. The second kappa shape index (κ2) is 15.1. The molecule has 0 aromatic heterocycles. The minimum Gasteiger partial charge on any atom is -0.379 e. The van der Waals surface area contributed by atoms with Crippen LogP contribution in [0.25, 0.3) is 0 Å². The highest BCUT2D eigenvalue weighted by atomic mass is 32.2. The van der Waals surface area contributed by atoms with E-state index < -0.39 is 10.1 Å². The molecule has 1 rings (SSSR count). The van der Waals surface area contributed by atoms with E-state index in [2.05, 4.69) is 6.92 Å². The molecule has 0 unspecified atom stereocenters. The van der Waals surface area contributed by atoms with Crippen LogP contribution in [0.1, 0.15) is 39.0 Å². The molecule has 0 aliphatic heterocycles. The Morgan fingerprint density at radius 1 is 0.692 bits per heavy atom. The normalized spacial score (nSPS) is 11.7. The number of benzene rings is 1. The SMILES string of the molecule is CCCCCCCOCCOCCOCCOS(=O)(=O)c1ccccc1. The summed E-state index contributed by atoms with van der Waals surface area (Å²) in [6.45, 7) is 5.15. The largest absolute Gasteiger partial charge is 0.379 e. The molecule has 0 saturated carbocycles. The van der Waals surface area contributed by atoms with E-state index in [0.717, 1.165) is 13.0 Å².